The summed E-state index contributed by atoms with van der Waals surface area (Å²) in [5.74, 6) is -0.264. The number of carbonyl (C=O) groups is 1. The molecule has 0 fully saturated rings. The Hall–Kier alpha value is -2.63. The number of oxazole rings is 1. The number of fused-ring (bicyclic) bond motifs is 1. The Morgan fingerprint density at radius 1 is 1.44 bits per heavy atom. The van der Waals surface area contributed by atoms with E-state index in [0.29, 0.717) is 12.3 Å². The van der Waals surface area contributed by atoms with Gasteiger partial charge in [-0.25, -0.2) is 14.8 Å². The van der Waals surface area contributed by atoms with Gasteiger partial charge in [-0.3, -0.25) is 0 Å². The number of nitrogens with zero attached hydrogens (tertiary/aromatic N) is 3. The van der Waals surface area contributed by atoms with Gasteiger partial charge >= 0.3 is 5.97 Å². The molecular weight excluding hydrogens is 234 g/mol. The minimum Gasteiger partial charge on any atom is -0.478 e. The third kappa shape index (κ3) is 1.73. The van der Waals surface area contributed by atoms with E-state index in [1.807, 2.05) is 4.57 Å². The summed E-state index contributed by atoms with van der Waals surface area (Å²) < 4.78 is 6.98. The van der Waals surface area contributed by atoms with Crippen LogP contribution in [0.3, 0.4) is 0 Å². The number of hydrogen-bond acceptors (Lipinski definition) is 4. The van der Waals surface area contributed by atoms with Crippen LogP contribution in [-0.2, 0) is 6.54 Å². The van der Waals surface area contributed by atoms with Crippen molar-refractivity contribution in [3.63, 3.8) is 0 Å². The molecule has 0 amide bonds. The first-order chi connectivity index (χ1) is 8.74. The molecule has 18 heavy (non-hydrogen) atoms. The van der Waals surface area contributed by atoms with Crippen molar-refractivity contribution in [3.8, 4) is 0 Å². The van der Waals surface area contributed by atoms with E-state index < -0.39 is 5.97 Å². The lowest BCUT2D eigenvalue weighted by Crippen LogP contribution is -1.99. The molecular formula is C12H9N3O3. The second-order valence-corrected chi connectivity index (χ2v) is 3.85. The SMILES string of the molecule is O=C(O)c1ccc2ncn(Cc3cnco3)c2c1. The number of carboxylic acids is 1. The summed E-state index contributed by atoms with van der Waals surface area (Å²) in [5, 5.41) is 8.97. The maximum Gasteiger partial charge on any atom is 0.335 e. The zero-order chi connectivity index (χ0) is 12.5. The van der Waals surface area contributed by atoms with Gasteiger partial charge in [0.15, 0.2) is 6.39 Å². The molecule has 6 heteroatoms. The fourth-order valence-corrected chi connectivity index (χ4v) is 1.80. The maximum absolute atomic E-state index is 10.9. The number of aromatic carboxylic acids is 1. The Bertz CT molecular complexity index is 701. The lowest BCUT2D eigenvalue weighted by Gasteiger charge is -2.01. The van der Waals surface area contributed by atoms with E-state index in [2.05, 4.69) is 9.97 Å². The number of benzene rings is 1. The van der Waals surface area contributed by atoms with Gasteiger partial charge in [0.25, 0.3) is 0 Å². The fourth-order valence-electron chi connectivity index (χ4n) is 1.80. The van der Waals surface area contributed by atoms with Gasteiger partial charge in [-0.05, 0) is 18.2 Å². The predicted octanol–water partition coefficient (Wildman–Crippen LogP) is 1.77. The van der Waals surface area contributed by atoms with Crippen LogP contribution in [0.4, 0.5) is 0 Å². The van der Waals surface area contributed by atoms with Crippen molar-refractivity contribution in [2.75, 3.05) is 0 Å². The molecule has 0 aliphatic carbocycles. The molecule has 0 bridgehead atoms. The van der Waals surface area contributed by atoms with Gasteiger partial charge in [0.05, 0.1) is 35.7 Å². The van der Waals surface area contributed by atoms with Crippen LogP contribution in [0.5, 0.6) is 0 Å². The molecule has 0 atom stereocenters. The number of imidazole rings is 1. The Kier molecular flexibility index (Phi) is 2.33. The second-order valence-electron chi connectivity index (χ2n) is 3.85. The Balaban J connectivity index is 2.06. The van der Waals surface area contributed by atoms with E-state index in [-0.39, 0.29) is 5.56 Å². The van der Waals surface area contributed by atoms with E-state index >= 15 is 0 Å². The van der Waals surface area contributed by atoms with Crippen molar-refractivity contribution in [1.29, 1.82) is 0 Å². The van der Waals surface area contributed by atoms with E-state index in [1.54, 1.807) is 24.7 Å². The zero-order valence-corrected chi connectivity index (χ0v) is 9.28. The van der Waals surface area contributed by atoms with Gasteiger partial charge in [-0.2, -0.15) is 0 Å². The molecule has 0 aliphatic rings. The van der Waals surface area contributed by atoms with Gasteiger partial charge in [0.2, 0.25) is 0 Å². The van der Waals surface area contributed by atoms with Gasteiger partial charge in [-0.15, -0.1) is 0 Å². The van der Waals surface area contributed by atoms with E-state index in [1.165, 1.54) is 12.5 Å². The molecule has 1 aromatic carbocycles. The molecule has 0 saturated heterocycles. The van der Waals surface area contributed by atoms with Crippen LogP contribution < -0.4 is 0 Å². The van der Waals surface area contributed by atoms with Gasteiger partial charge in [0, 0.05) is 0 Å². The first-order valence-corrected chi connectivity index (χ1v) is 5.29. The average molecular weight is 243 g/mol. The molecule has 0 saturated carbocycles. The molecule has 6 nitrogen and oxygen atoms in total. The van der Waals surface area contributed by atoms with E-state index in [9.17, 15) is 4.79 Å². The van der Waals surface area contributed by atoms with Gasteiger partial charge in [0.1, 0.15) is 5.76 Å². The van der Waals surface area contributed by atoms with Crippen LogP contribution in [0.2, 0.25) is 0 Å². The van der Waals surface area contributed by atoms with Crippen molar-refractivity contribution in [2.45, 2.75) is 6.54 Å². The summed E-state index contributed by atoms with van der Waals surface area (Å²) in [6, 6.07) is 4.83. The van der Waals surface area contributed by atoms with Gasteiger partial charge < -0.3 is 14.1 Å². The Morgan fingerprint density at radius 2 is 2.33 bits per heavy atom. The van der Waals surface area contributed by atoms with Crippen LogP contribution in [0, 0.1) is 0 Å². The number of rotatable bonds is 3. The Labute approximate surface area is 102 Å². The minimum absolute atomic E-state index is 0.238. The third-order valence-corrected chi connectivity index (χ3v) is 2.68. The highest BCUT2D eigenvalue weighted by Gasteiger charge is 2.09. The quantitative estimate of drug-likeness (QED) is 0.758. The van der Waals surface area contributed by atoms with E-state index in [4.69, 9.17) is 9.52 Å². The summed E-state index contributed by atoms with van der Waals surface area (Å²) >= 11 is 0. The fraction of sp³-hybridized carbons (Fsp3) is 0.0833. The number of aromatic nitrogens is 3. The number of carboxylic acid groups (broad SMARTS) is 1. The molecule has 0 aliphatic heterocycles. The van der Waals surface area contributed by atoms with Crippen LogP contribution >= 0.6 is 0 Å². The molecule has 0 unspecified atom stereocenters. The summed E-state index contributed by atoms with van der Waals surface area (Å²) in [4.78, 5) is 19.0. The van der Waals surface area contributed by atoms with Crippen molar-refractivity contribution in [1.82, 2.24) is 14.5 Å². The van der Waals surface area contributed by atoms with Crippen LogP contribution in [0.25, 0.3) is 11.0 Å². The van der Waals surface area contributed by atoms with Crippen molar-refractivity contribution < 1.29 is 14.3 Å². The standard InChI is InChI=1S/C12H9N3O3/c16-12(17)8-1-2-10-11(3-8)15(6-14-10)5-9-4-13-7-18-9/h1-4,6-7H,5H2,(H,16,17). The summed E-state index contributed by atoms with van der Waals surface area (Å²) in [7, 11) is 0. The molecule has 0 spiro atoms. The highest BCUT2D eigenvalue weighted by molar-refractivity contribution is 5.92. The predicted molar refractivity (Wildman–Crippen MR) is 62.3 cm³/mol. The summed E-state index contributed by atoms with van der Waals surface area (Å²) in [5.41, 5.74) is 1.74. The second kappa shape index (κ2) is 3.99. The van der Waals surface area contributed by atoms with Crippen LogP contribution in [0.1, 0.15) is 16.1 Å². The topological polar surface area (TPSA) is 81.1 Å². The van der Waals surface area contributed by atoms with E-state index in [0.717, 1.165) is 11.0 Å². The lowest BCUT2D eigenvalue weighted by molar-refractivity contribution is 0.0697. The molecule has 1 N–H and O–H groups in total. The maximum atomic E-state index is 10.9. The van der Waals surface area contributed by atoms with Crippen LogP contribution in [0.15, 0.2) is 41.5 Å². The molecule has 0 radical (unpaired) electrons. The van der Waals surface area contributed by atoms with Crippen molar-refractivity contribution >= 4 is 17.0 Å². The monoisotopic (exact) mass is 243 g/mol. The minimum atomic E-state index is -0.954. The molecule has 3 rings (SSSR count). The molecule has 3 aromatic rings. The largest absolute Gasteiger partial charge is 0.478 e. The average Bonchev–Trinajstić information content (AvgIpc) is 2.99. The summed E-state index contributed by atoms with van der Waals surface area (Å²) in [6.45, 7) is 0.472. The molecule has 2 aromatic heterocycles. The van der Waals surface area contributed by atoms with Crippen LogP contribution in [-0.4, -0.2) is 25.6 Å². The van der Waals surface area contributed by atoms with Crippen molar-refractivity contribution in [3.05, 3.63) is 48.4 Å². The first kappa shape index (κ1) is 10.5. The highest BCUT2D eigenvalue weighted by Crippen LogP contribution is 2.16. The van der Waals surface area contributed by atoms with Gasteiger partial charge in [-0.1, -0.05) is 0 Å². The Morgan fingerprint density at radius 3 is 3.06 bits per heavy atom. The molecule has 90 valence electrons. The van der Waals surface area contributed by atoms with Crippen molar-refractivity contribution in [2.24, 2.45) is 0 Å². The first-order valence-electron chi connectivity index (χ1n) is 5.29. The normalized spacial score (nSPS) is 10.9. The number of hydrogen-bond donors (Lipinski definition) is 1. The lowest BCUT2D eigenvalue weighted by atomic mass is 10.2. The molecule has 2 heterocycles. The third-order valence-electron chi connectivity index (χ3n) is 2.68. The highest BCUT2D eigenvalue weighted by atomic mass is 16.4. The smallest absolute Gasteiger partial charge is 0.335 e. The zero-order valence-electron chi connectivity index (χ0n) is 9.28. The summed E-state index contributed by atoms with van der Waals surface area (Å²) in [6.07, 6.45) is 4.63.